The summed E-state index contributed by atoms with van der Waals surface area (Å²) in [5, 5.41) is 9.95. The number of fused-ring (bicyclic) bond motifs is 1. The zero-order valence-electron chi connectivity index (χ0n) is 29.7. The Morgan fingerprint density at radius 3 is 2.45 bits per heavy atom. The lowest BCUT2D eigenvalue weighted by Crippen LogP contribution is -2.49. The number of ether oxygens (including phenoxy) is 2. The number of methoxy groups -OCH3 is 1. The van der Waals surface area contributed by atoms with E-state index in [1.54, 1.807) is 49.5 Å². The number of carbonyl (C=O) groups is 3. The molecule has 51 heavy (non-hydrogen) atoms. The van der Waals surface area contributed by atoms with Crippen LogP contribution in [0.5, 0.6) is 5.75 Å². The monoisotopic (exact) mass is 699 g/mol. The number of alkyl carbamates (subject to hydrolysis) is 1. The second-order valence-corrected chi connectivity index (χ2v) is 12.4. The maximum absolute atomic E-state index is 14.0. The first-order valence-corrected chi connectivity index (χ1v) is 16.8. The highest BCUT2D eigenvalue weighted by molar-refractivity contribution is 6.15. The van der Waals surface area contributed by atoms with Crippen molar-refractivity contribution in [1.82, 2.24) is 15.1 Å². The highest BCUT2D eigenvalue weighted by Gasteiger charge is 2.35. The number of anilines is 4. The smallest absolute Gasteiger partial charge is 0.409 e. The minimum Gasteiger partial charge on any atom is -0.491 e. The number of aryl methyl sites for hydroxylation is 1. The largest absolute Gasteiger partial charge is 0.491 e. The minimum atomic E-state index is -0.826. The van der Waals surface area contributed by atoms with E-state index in [4.69, 9.17) is 14.3 Å². The van der Waals surface area contributed by atoms with Gasteiger partial charge in [0.25, 0.3) is 11.8 Å². The molecule has 5 rings (SSSR count). The number of nitrogens with one attached hydrogen (secondary N) is 3. The van der Waals surface area contributed by atoms with Crippen molar-refractivity contribution in [3.63, 3.8) is 0 Å². The summed E-state index contributed by atoms with van der Waals surface area (Å²) in [6.07, 6.45) is 0.611. The number of nitrogens with zero attached hydrogens (tertiary/aromatic N) is 4. The van der Waals surface area contributed by atoms with Gasteiger partial charge in [0.2, 0.25) is 6.29 Å². The number of rotatable bonds is 13. The number of unbranched alkanes of at least 4 members (excludes halogenated alkanes) is 1. The van der Waals surface area contributed by atoms with Gasteiger partial charge in [0.15, 0.2) is 0 Å². The fourth-order valence-corrected chi connectivity index (χ4v) is 6.08. The second kappa shape index (κ2) is 16.9. The topological polar surface area (TPSA) is 145 Å². The average molecular weight is 700 g/mol. The molecule has 3 N–H and O–H groups in total. The molecule has 2 heterocycles. The summed E-state index contributed by atoms with van der Waals surface area (Å²) >= 11 is 0. The standard InChI is InChI=1S/C37H45N7O7/c1-25-16-17-31(32(23-25)51-22-9-8-11-26(24-45)43-20-18-41(2)19-21-43)42(3)35(47)27-12-6-7-14-29(27)38-34(46)28-13-10-15-30-33(28)44(50-5)36(39-30)40-37(48)49-4/h6-7,10,12-17,23,36,39H,8-9,11,18-22H2,1-5H3,(H,38,46)(H,40,48). The summed E-state index contributed by atoms with van der Waals surface area (Å²) in [6.45, 7) is 5.86. The summed E-state index contributed by atoms with van der Waals surface area (Å²) in [7, 11) is 6.41. The molecule has 0 bridgehead atoms. The number of hydrogen-bond donors (Lipinski definition) is 3. The van der Waals surface area contributed by atoms with Crippen molar-refractivity contribution >= 4 is 46.6 Å². The molecule has 3 aromatic carbocycles. The van der Waals surface area contributed by atoms with Crippen molar-refractivity contribution in [2.24, 2.45) is 0 Å². The quantitative estimate of drug-likeness (QED) is 0.172. The van der Waals surface area contributed by atoms with E-state index < -0.39 is 18.3 Å². The Balaban J connectivity index is 1.26. The first-order valence-electron chi connectivity index (χ1n) is 16.8. The number of amides is 3. The van der Waals surface area contributed by atoms with Gasteiger partial charge in [0, 0.05) is 33.2 Å². The minimum absolute atomic E-state index is 0.250. The molecule has 14 heteroatoms. The molecule has 0 saturated carbocycles. The van der Waals surface area contributed by atoms with Crippen LogP contribution < -0.4 is 30.7 Å². The Bertz CT molecular complexity index is 1790. The first kappa shape index (κ1) is 36.7. The van der Waals surface area contributed by atoms with Gasteiger partial charge in [0.05, 0.1) is 54.7 Å². The second-order valence-electron chi connectivity index (χ2n) is 12.4. The Hall–Kier alpha value is -5.56. The van der Waals surface area contributed by atoms with E-state index in [-0.39, 0.29) is 17.0 Å². The first-order chi connectivity index (χ1) is 24.6. The van der Waals surface area contributed by atoms with Crippen LogP contribution in [-0.4, -0.2) is 101 Å². The van der Waals surface area contributed by atoms with Crippen LogP contribution in [0.4, 0.5) is 27.5 Å². The number of allylic oxidation sites excluding steroid dienone is 1. The van der Waals surface area contributed by atoms with Crippen LogP contribution in [0.1, 0.15) is 45.5 Å². The Morgan fingerprint density at radius 1 is 0.980 bits per heavy atom. The number of hydroxylamine groups is 1. The van der Waals surface area contributed by atoms with Gasteiger partial charge in [0.1, 0.15) is 17.4 Å². The van der Waals surface area contributed by atoms with Gasteiger partial charge in [-0.25, -0.2) is 14.7 Å². The average Bonchev–Trinajstić information content (AvgIpc) is 3.50. The van der Waals surface area contributed by atoms with Gasteiger partial charge < -0.3 is 34.8 Å². The van der Waals surface area contributed by atoms with E-state index in [2.05, 4.69) is 38.7 Å². The van der Waals surface area contributed by atoms with Crippen LogP contribution in [0.2, 0.25) is 0 Å². The maximum atomic E-state index is 14.0. The van der Waals surface area contributed by atoms with Gasteiger partial charge in [-0.15, -0.1) is 0 Å². The molecule has 0 radical (unpaired) electrons. The molecule has 0 spiro atoms. The zero-order valence-corrected chi connectivity index (χ0v) is 29.7. The van der Waals surface area contributed by atoms with Gasteiger partial charge >= 0.3 is 6.09 Å². The van der Waals surface area contributed by atoms with E-state index in [0.717, 1.165) is 44.6 Å². The predicted molar refractivity (Wildman–Crippen MR) is 195 cm³/mol. The van der Waals surface area contributed by atoms with Crippen LogP contribution in [-0.2, 0) is 14.4 Å². The number of hydrogen-bond acceptors (Lipinski definition) is 11. The molecule has 3 amide bonds. The molecule has 0 aromatic heterocycles. The highest BCUT2D eigenvalue weighted by atomic mass is 16.7. The van der Waals surface area contributed by atoms with Crippen molar-refractivity contribution in [1.29, 1.82) is 0 Å². The number of carbonyl (C=O) groups excluding carboxylic acids is 4. The Morgan fingerprint density at radius 2 is 1.73 bits per heavy atom. The predicted octanol–water partition coefficient (Wildman–Crippen LogP) is 4.47. The summed E-state index contributed by atoms with van der Waals surface area (Å²) in [4.78, 5) is 62.7. The van der Waals surface area contributed by atoms with Crippen molar-refractivity contribution < 1.29 is 33.5 Å². The molecular formula is C37H45N7O7. The number of likely N-dealkylation sites (N-methyl/N-ethyl adjacent to an activating group) is 1. The van der Waals surface area contributed by atoms with Crippen LogP contribution in [0, 0.1) is 6.92 Å². The lowest BCUT2D eigenvalue weighted by atomic mass is 10.1. The van der Waals surface area contributed by atoms with Crippen LogP contribution in [0.15, 0.2) is 66.4 Å². The molecule has 1 fully saturated rings. The van der Waals surface area contributed by atoms with E-state index in [0.29, 0.717) is 47.2 Å². The van der Waals surface area contributed by atoms with E-state index in [9.17, 15) is 19.2 Å². The van der Waals surface area contributed by atoms with E-state index in [1.807, 2.05) is 25.1 Å². The van der Waals surface area contributed by atoms with Gasteiger partial charge in [-0.2, -0.15) is 0 Å². The molecule has 2 aliphatic heterocycles. The molecule has 3 aromatic rings. The summed E-state index contributed by atoms with van der Waals surface area (Å²) < 4.78 is 10.9. The van der Waals surface area contributed by atoms with Crippen LogP contribution >= 0.6 is 0 Å². The van der Waals surface area contributed by atoms with Crippen molar-refractivity contribution in [3.05, 3.63) is 83.1 Å². The van der Waals surface area contributed by atoms with Crippen LogP contribution in [0.25, 0.3) is 0 Å². The van der Waals surface area contributed by atoms with Gasteiger partial charge in [-0.05, 0) is 75.2 Å². The van der Waals surface area contributed by atoms with Crippen LogP contribution in [0.3, 0.4) is 0 Å². The Kier molecular flexibility index (Phi) is 12.2. The fourth-order valence-electron chi connectivity index (χ4n) is 6.08. The number of piperazine rings is 1. The van der Waals surface area contributed by atoms with E-state index in [1.165, 1.54) is 24.2 Å². The normalized spacial score (nSPS) is 15.3. The Labute approximate surface area is 297 Å². The van der Waals surface area contributed by atoms with Crippen molar-refractivity contribution in [2.45, 2.75) is 32.5 Å². The third-order valence-corrected chi connectivity index (χ3v) is 8.92. The summed E-state index contributed by atoms with van der Waals surface area (Å²) in [6, 6.07) is 17.5. The van der Waals surface area contributed by atoms with E-state index >= 15 is 0 Å². The molecule has 1 unspecified atom stereocenters. The number of benzene rings is 3. The van der Waals surface area contributed by atoms with Crippen molar-refractivity contribution in [2.75, 3.05) is 81.7 Å². The molecular weight excluding hydrogens is 654 g/mol. The summed E-state index contributed by atoms with van der Waals surface area (Å²) in [5.41, 5.74) is 4.05. The molecule has 2 aliphatic rings. The lowest BCUT2D eigenvalue weighted by molar-refractivity contribution is 0.0993. The number of para-hydroxylation sites is 2. The molecule has 270 valence electrons. The SMILES string of the molecule is COC(=O)NC1Nc2cccc(C(=O)Nc3ccccc3C(=O)N(C)c3ccc(C)cc3OCCCCC(=C=O)N3CCN(C)CC3)c2N1OC. The van der Waals surface area contributed by atoms with Gasteiger partial charge in [-0.1, -0.05) is 24.3 Å². The third-order valence-electron chi connectivity index (χ3n) is 8.92. The van der Waals surface area contributed by atoms with Gasteiger partial charge in [-0.3, -0.25) is 19.7 Å². The zero-order chi connectivity index (χ0) is 36.5. The lowest BCUT2D eigenvalue weighted by Gasteiger charge is -2.34. The fraction of sp³-hybridized carbons (Fsp3) is 0.378. The maximum Gasteiger partial charge on any atom is 0.409 e. The highest BCUT2D eigenvalue weighted by Crippen LogP contribution is 2.38. The molecule has 1 saturated heterocycles. The third kappa shape index (κ3) is 8.61. The van der Waals surface area contributed by atoms with Crippen molar-refractivity contribution in [3.8, 4) is 5.75 Å². The molecule has 1 atom stereocenters. The molecule has 14 nitrogen and oxygen atoms in total. The molecule has 0 aliphatic carbocycles. The summed E-state index contributed by atoms with van der Waals surface area (Å²) in [5.74, 6) is 1.85.